The average molecular weight is 536 g/mol. The first-order valence-corrected chi connectivity index (χ1v) is 13.0. The molecule has 2 fully saturated rings. The van der Waals surface area contributed by atoms with Crippen molar-refractivity contribution in [3.05, 3.63) is 47.5 Å². The second-order valence-corrected chi connectivity index (χ2v) is 9.86. The number of rotatable bonds is 8. The zero-order valence-electron chi connectivity index (χ0n) is 22.1. The number of alkyl halides is 3. The van der Waals surface area contributed by atoms with E-state index in [4.69, 9.17) is 14.2 Å². The molecule has 1 aliphatic heterocycles. The van der Waals surface area contributed by atoms with Gasteiger partial charge in [-0.05, 0) is 62.4 Å². The Morgan fingerprint density at radius 2 is 1.68 bits per heavy atom. The van der Waals surface area contributed by atoms with E-state index in [1.807, 2.05) is 23.1 Å². The van der Waals surface area contributed by atoms with Crippen molar-refractivity contribution in [3.8, 4) is 11.5 Å². The maximum absolute atomic E-state index is 13.2. The summed E-state index contributed by atoms with van der Waals surface area (Å²) in [6.45, 7) is 4.10. The molecule has 0 atom stereocenters. The zero-order valence-corrected chi connectivity index (χ0v) is 22.1. The lowest BCUT2D eigenvalue weighted by molar-refractivity contribution is -0.139. The molecule has 2 aromatic carbocycles. The lowest BCUT2D eigenvalue weighted by atomic mass is 9.92. The minimum Gasteiger partial charge on any atom is -0.497 e. The first kappa shape index (κ1) is 27.9. The van der Waals surface area contributed by atoms with Crippen LogP contribution in [0, 0.1) is 6.92 Å². The molecule has 1 N–H and O–H groups in total. The summed E-state index contributed by atoms with van der Waals surface area (Å²) in [5, 5.41) is 3.24. The quantitative estimate of drug-likeness (QED) is 0.507. The summed E-state index contributed by atoms with van der Waals surface area (Å²) in [5.74, 6) is 1.44. The number of carbonyl (C=O) groups excluding carboxylic acids is 1. The fraction of sp³-hybridized carbons (Fsp3) is 0.536. The number of carbonyl (C=O) groups is 1. The van der Waals surface area contributed by atoms with Crippen molar-refractivity contribution in [2.24, 2.45) is 0 Å². The molecule has 1 saturated carbocycles. The largest absolute Gasteiger partial charge is 0.497 e. The van der Waals surface area contributed by atoms with Crippen molar-refractivity contribution in [2.45, 2.75) is 50.9 Å². The third-order valence-electron chi connectivity index (χ3n) is 7.39. The summed E-state index contributed by atoms with van der Waals surface area (Å²) >= 11 is 0. The number of halogens is 3. The Morgan fingerprint density at radius 3 is 2.32 bits per heavy atom. The second kappa shape index (κ2) is 12.1. The first-order chi connectivity index (χ1) is 18.2. The molecule has 0 unspecified atom stereocenters. The Kier molecular flexibility index (Phi) is 8.91. The van der Waals surface area contributed by atoms with E-state index in [2.05, 4.69) is 10.2 Å². The molecule has 1 saturated heterocycles. The molecule has 0 aromatic heterocycles. The van der Waals surface area contributed by atoms with Crippen molar-refractivity contribution in [1.29, 1.82) is 0 Å². The molecule has 1 amide bonds. The van der Waals surface area contributed by atoms with Crippen LogP contribution in [0.5, 0.6) is 11.5 Å². The number of methoxy groups -OCH3 is 2. The SMILES string of the molecule is COc1ccc(N2CCN(C(=O)COC3CCC(Nc4ccc(C)c(C(F)(F)F)c4)CC3)CC2)c(OC)c1. The second-order valence-electron chi connectivity index (χ2n) is 9.86. The molecule has 1 aliphatic carbocycles. The van der Waals surface area contributed by atoms with Crippen LogP contribution in [0.3, 0.4) is 0 Å². The van der Waals surface area contributed by atoms with Crippen molar-refractivity contribution in [1.82, 2.24) is 4.90 Å². The minimum absolute atomic E-state index is 0.0223. The van der Waals surface area contributed by atoms with Crippen LogP contribution in [0.25, 0.3) is 0 Å². The van der Waals surface area contributed by atoms with E-state index in [-0.39, 0.29) is 30.2 Å². The number of ether oxygens (including phenoxy) is 3. The molecule has 4 rings (SSSR count). The van der Waals surface area contributed by atoms with Gasteiger partial charge in [-0.3, -0.25) is 4.79 Å². The number of aryl methyl sites for hydroxylation is 1. The van der Waals surface area contributed by atoms with E-state index in [1.54, 1.807) is 20.3 Å². The summed E-state index contributed by atoms with van der Waals surface area (Å²) in [6.07, 6.45) is -1.32. The Balaban J connectivity index is 1.19. The van der Waals surface area contributed by atoms with Gasteiger partial charge in [-0.15, -0.1) is 0 Å². The van der Waals surface area contributed by atoms with Crippen LogP contribution in [0.1, 0.15) is 36.8 Å². The van der Waals surface area contributed by atoms with Crippen molar-refractivity contribution < 1.29 is 32.2 Å². The highest BCUT2D eigenvalue weighted by Gasteiger charge is 2.33. The average Bonchev–Trinajstić information content (AvgIpc) is 2.92. The summed E-state index contributed by atoms with van der Waals surface area (Å²) < 4.78 is 56.3. The fourth-order valence-electron chi connectivity index (χ4n) is 5.15. The van der Waals surface area contributed by atoms with E-state index < -0.39 is 11.7 Å². The van der Waals surface area contributed by atoms with Crippen LogP contribution >= 0.6 is 0 Å². The van der Waals surface area contributed by atoms with Gasteiger partial charge in [0, 0.05) is 44.0 Å². The Bertz CT molecular complexity index is 1100. The van der Waals surface area contributed by atoms with Crippen LogP contribution < -0.4 is 19.7 Å². The van der Waals surface area contributed by atoms with Gasteiger partial charge in [0.15, 0.2) is 0 Å². The fourth-order valence-corrected chi connectivity index (χ4v) is 5.15. The molecule has 10 heteroatoms. The zero-order chi connectivity index (χ0) is 27.3. The maximum atomic E-state index is 13.2. The third kappa shape index (κ3) is 6.83. The number of hydrogen-bond donors (Lipinski definition) is 1. The van der Waals surface area contributed by atoms with E-state index in [0.717, 1.165) is 42.9 Å². The number of hydrogen-bond acceptors (Lipinski definition) is 6. The van der Waals surface area contributed by atoms with Gasteiger partial charge in [0.25, 0.3) is 0 Å². The van der Waals surface area contributed by atoms with Gasteiger partial charge in [-0.1, -0.05) is 6.07 Å². The molecule has 2 aromatic rings. The Labute approximate surface area is 221 Å². The van der Waals surface area contributed by atoms with Crippen LogP contribution in [-0.2, 0) is 15.7 Å². The first-order valence-electron chi connectivity index (χ1n) is 13.0. The van der Waals surface area contributed by atoms with E-state index in [1.165, 1.54) is 19.1 Å². The van der Waals surface area contributed by atoms with Gasteiger partial charge in [-0.25, -0.2) is 0 Å². The molecule has 38 heavy (non-hydrogen) atoms. The maximum Gasteiger partial charge on any atom is 0.416 e. The minimum atomic E-state index is -4.37. The molecule has 208 valence electrons. The number of nitrogens with zero attached hydrogens (tertiary/aromatic N) is 2. The molecule has 2 aliphatic rings. The lowest BCUT2D eigenvalue weighted by Gasteiger charge is -2.37. The van der Waals surface area contributed by atoms with Crippen molar-refractivity contribution in [2.75, 3.05) is 57.2 Å². The molecular weight excluding hydrogens is 499 g/mol. The summed E-state index contributed by atoms with van der Waals surface area (Å²) in [5.41, 5.74) is 1.06. The van der Waals surface area contributed by atoms with Crippen molar-refractivity contribution in [3.63, 3.8) is 0 Å². The van der Waals surface area contributed by atoms with Crippen LogP contribution in [0.4, 0.5) is 24.5 Å². The highest BCUT2D eigenvalue weighted by Crippen LogP contribution is 2.35. The molecule has 0 radical (unpaired) electrons. The topological polar surface area (TPSA) is 63.3 Å². The number of benzene rings is 2. The standard InChI is InChI=1S/C28H36F3N3O4/c1-19-4-5-21(16-24(19)28(29,30)31)32-20-6-8-22(9-7-20)38-18-27(35)34-14-12-33(13-15-34)25-11-10-23(36-2)17-26(25)37-3/h4-5,10-11,16-17,20,22,32H,6-9,12-15,18H2,1-3H3. The van der Waals surface area contributed by atoms with Crippen LogP contribution in [0.2, 0.25) is 0 Å². The molecular formula is C28H36F3N3O4. The predicted octanol–water partition coefficient (Wildman–Crippen LogP) is 5.12. The van der Waals surface area contributed by atoms with Gasteiger partial charge in [0.05, 0.1) is 31.6 Å². The monoisotopic (exact) mass is 535 g/mol. The van der Waals surface area contributed by atoms with Gasteiger partial charge in [0.1, 0.15) is 18.1 Å². The molecule has 0 bridgehead atoms. The normalized spacial score (nSPS) is 20.3. The summed E-state index contributed by atoms with van der Waals surface area (Å²) in [7, 11) is 3.25. The molecule has 0 spiro atoms. The number of amides is 1. The van der Waals surface area contributed by atoms with E-state index >= 15 is 0 Å². The van der Waals surface area contributed by atoms with Gasteiger partial charge in [-0.2, -0.15) is 13.2 Å². The Morgan fingerprint density at radius 1 is 0.974 bits per heavy atom. The van der Waals surface area contributed by atoms with E-state index in [0.29, 0.717) is 31.9 Å². The highest BCUT2D eigenvalue weighted by molar-refractivity contribution is 5.78. The third-order valence-corrected chi connectivity index (χ3v) is 7.39. The summed E-state index contributed by atoms with van der Waals surface area (Å²) in [6, 6.07) is 10.2. The predicted molar refractivity (Wildman–Crippen MR) is 140 cm³/mol. The van der Waals surface area contributed by atoms with Gasteiger partial charge >= 0.3 is 6.18 Å². The smallest absolute Gasteiger partial charge is 0.416 e. The summed E-state index contributed by atoms with van der Waals surface area (Å²) in [4.78, 5) is 16.8. The van der Waals surface area contributed by atoms with Gasteiger partial charge in [0.2, 0.25) is 5.91 Å². The van der Waals surface area contributed by atoms with Crippen LogP contribution in [-0.4, -0.2) is 70.0 Å². The number of anilines is 2. The van der Waals surface area contributed by atoms with Gasteiger partial charge < -0.3 is 29.3 Å². The lowest BCUT2D eigenvalue weighted by Crippen LogP contribution is -2.50. The van der Waals surface area contributed by atoms with Crippen LogP contribution in [0.15, 0.2) is 36.4 Å². The number of piperazine rings is 1. The molecule has 7 nitrogen and oxygen atoms in total. The highest BCUT2D eigenvalue weighted by atomic mass is 19.4. The number of nitrogens with one attached hydrogen (secondary N) is 1. The molecule has 1 heterocycles. The van der Waals surface area contributed by atoms with E-state index in [9.17, 15) is 18.0 Å². The Hall–Kier alpha value is -3.14. The van der Waals surface area contributed by atoms with Crippen molar-refractivity contribution >= 4 is 17.3 Å².